The Morgan fingerprint density at radius 3 is 2.48 bits per heavy atom. The van der Waals surface area contributed by atoms with Crippen LogP contribution in [0.3, 0.4) is 0 Å². The average Bonchev–Trinajstić information content (AvgIpc) is 3.06. The van der Waals surface area contributed by atoms with Crippen molar-refractivity contribution < 1.29 is 22.8 Å². The van der Waals surface area contributed by atoms with Crippen molar-refractivity contribution in [2.75, 3.05) is 11.9 Å². The van der Waals surface area contributed by atoms with Crippen LogP contribution in [0.2, 0.25) is 0 Å². The molecule has 0 aliphatic heterocycles. The smallest absolute Gasteiger partial charge is 0.351 e. The second-order valence-electron chi connectivity index (χ2n) is 7.16. The van der Waals surface area contributed by atoms with E-state index in [1.165, 1.54) is 12.1 Å². The highest BCUT2D eigenvalue weighted by atomic mass is 19.4. The van der Waals surface area contributed by atoms with E-state index in [0.717, 1.165) is 18.6 Å². The first-order chi connectivity index (χ1) is 14.8. The van der Waals surface area contributed by atoms with Gasteiger partial charge in [-0.25, -0.2) is 4.98 Å². The molecule has 31 heavy (non-hydrogen) atoms. The third kappa shape index (κ3) is 5.84. The molecule has 0 aliphatic rings. The molecule has 0 atom stereocenters. The lowest BCUT2D eigenvalue weighted by Crippen LogP contribution is -2.26. The number of amides is 2. The summed E-state index contributed by atoms with van der Waals surface area (Å²) in [7, 11) is 0. The van der Waals surface area contributed by atoms with E-state index < -0.39 is 11.7 Å². The number of hydrogen-bond acceptors (Lipinski definition) is 3. The molecule has 2 amide bonds. The van der Waals surface area contributed by atoms with E-state index >= 15 is 0 Å². The first-order valence-electron chi connectivity index (χ1n) is 9.94. The van der Waals surface area contributed by atoms with Gasteiger partial charge in [0.1, 0.15) is 11.3 Å². The van der Waals surface area contributed by atoms with E-state index in [9.17, 15) is 22.8 Å². The SMILES string of the molecule is Cc1nc2ccccn2c1C(=O)NCCCCCC(=O)Nc1ccc(C(F)(F)F)cc1. The number of carbonyl (C=O) groups excluding carboxylic acids is 2. The van der Waals surface area contributed by atoms with Gasteiger partial charge in [-0.15, -0.1) is 0 Å². The zero-order valence-electron chi connectivity index (χ0n) is 17.0. The fourth-order valence-corrected chi connectivity index (χ4v) is 3.23. The van der Waals surface area contributed by atoms with Gasteiger partial charge in [-0.05, 0) is 56.2 Å². The maximum atomic E-state index is 12.6. The topological polar surface area (TPSA) is 75.5 Å². The number of imidazole rings is 1. The molecule has 0 radical (unpaired) electrons. The number of aromatic nitrogens is 2. The van der Waals surface area contributed by atoms with E-state index in [1.54, 1.807) is 17.5 Å². The van der Waals surface area contributed by atoms with Crippen molar-refractivity contribution in [1.82, 2.24) is 14.7 Å². The first-order valence-corrected chi connectivity index (χ1v) is 9.94. The summed E-state index contributed by atoms with van der Waals surface area (Å²) in [6.45, 7) is 2.26. The first kappa shape index (κ1) is 22.3. The number of fused-ring (bicyclic) bond motifs is 1. The van der Waals surface area contributed by atoms with Gasteiger partial charge in [0.05, 0.1) is 11.3 Å². The Labute approximate surface area is 177 Å². The van der Waals surface area contributed by atoms with E-state index in [2.05, 4.69) is 15.6 Å². The number of nitrogens with one attached hydrogen (secondary N) is 2. The van der Waals surface area contributed by atoms with Crippen LogP contribution in [0.4, 0.5) is 18.9 Å². The van der Waals surface area contributed by atoms with E-state index in [-0.39, 0.29) is 18.2 Å². The second kappa shape index (κ2) is 9.63. The van der Waals surface area contributed by atoms with Gasteiger partial charge in [-0.1, -0.05) is 12.5 Å². The number of alkyl halides is 3. The molecular weight excluding hydrogens is 409 g/mol. The highest BCUT2D eigenvalue weighted by molar-refractivity contribution is 5.94. The predicted octanol–water partition coefficient (Wildman–Crippen LogP) is 4.59. The van der Waals surface area contributed by atoms with Gasteiger partial charge in [0.2, 0.25) is 5.91 Å². The summed E-state index contributed by atoms with van der Waals surface area (Å²) >= 11 is 0. The van der Waals surface area contributed by atoms with Gasteiger partial charge in [0, 0.05) is 24.8 Å². The van der Waals surface area contributed by atoms with E-state index in [0.29, 0.717) is 42.1 Å². The Morgan fingerprint density at radius 2 is 1.77 bits per heavy atom. The van der Waals surface area contributed by atoms with Crippen molar-refractivity contribution in [3.8, 4) is 0 Å². The van der Waals surface area contributed by atoms with Crippen molar-refractivity contribution in [1.29, 1.82) is 0 Å². The van der Waals surface area contributed by atoms with Crippen LogP contribution in [0.5, 0.6) is 0 Å². The maximum absolute atomic E-state index is 12.6. The minimum Gasteiger partial charge on any atom is -0.351 e. The van der Waals surface area contributed by atoms with Gasteiger partial charge in [0.15, 0.2) is 0 Å². The lowest BCUT2D eigenvalue weighted by atomic mass is 10.1. The molecule has 0 bridgehead atoms. The molecule has 2 N–H and O–H groups in total. The highest BCUT2D eigenvalue weighted by Crippen LogP contribution is 2.29. The molecule has 0 fully saturated rings. The fraction of sp³-hybridized carbons (Fsp3) is 0.318. The molecule has 0 unspecified atom stereocenters. The van der Waals surface area contributed by atoms with Crippen LogP contribution in [0.1, 0.15) is 47.4 Å². The Balaban J connectivity index is 1.36. The van der Waals surface area contributed by atoms with Crippen LogP contribution in [0, 0.1) is 6.92 Å². The lowest BCUT2D eigenvalue weighted by molar-refractivity contribution is -0.137. The summed E-state index contributed by atoms with van der Waals surface area (Å²) in [6.07, 6.45) is -0.318. The van der Waals surface area contributed by atoms with Crippen molar-refractivity contribution in [2.24, 2.45) is 0 Å². The molecule has 3 aromatic rings. The third-order valence-corrected chi connectivity index (χ3v) is 4.78. The number of unbranched alkanes of at least 4 members (excludes halogenated alkanes) is 2. The minimum absolute atomic E-state index is 0.198. The number of benzene rings is 1. The lowest BCUT2D eigenvalue weighted by Gasteiger charge is -2.09. The van der Waals surface area contributed by atoms with Crippen LogP contribution in [0.25, 0.3) is 5.65 Å². The van der Waals surface area contributed by atoms with Gasteiger partial charge in [-0.2, -0.15) is 13.2 Å². The zero-order valence-corrected chi connectivity index (χ0v) is 17.0. The van der Waals surface area contributed by atoms with Crippen molar-refractivity contribution in [2.45, 2.75) is 38.8 Å². The molecule has 1 aromatic carbocycles. The van der Waals surface area contributed by atoms with Gasteiger partial charge in [0.25, 0.3) is 5.91 Å². The summed E-state index contributed by atoms with van der Waals surface area (Å²) < 4.78 is 39.4. The number of hydrogen-bond donors (Lipinski definition) is 2. The molecule has 2 aromatic heterocycles. The molecule has 0 spiro atoms. The number of rotatable bonds is 8. The molecular formula is C22H23F3N4O2. The number of carbonyl (C=O) groups is 2. The van der Waals surface area contributed by atoms with E-state index in [1.807, 2.05) is 18.2 Å². The molecule has 0 aliphatic carbocycles. The maximum Gasteiger partial charge on any atom is 0.416 e. The molecule has 0 saturated heterocycles. The summed E-state index contributed by atoms with van der Waals surface area (Å²) in [5.74, 6) is -0.457. The minimum atomic E-state index is -4.40. The van der Waals surface area contributed by atoms with Crippen LogP contribution >= 0.6 is 0 Å². The third-order valence-electron chi connectivity index (χ3n) is 4.78. The Kier molecular flexibility index (Phi) is 6.94. The average molecular weight is 432 g/mol. The molecule has 3 rings (SSSR count). The van der Waals surface area contributed by atoms with Crippen LogP contribution in [0.15, 0.2) is 48.7 Å². The number of aryl methyl sites for hydroxylation is 1. The van der Waals surface area contributed by atoms with Crippen LogP contribution < -0.4 is 10.6 Å². The van der Waals surface area contributed by atoms with Gasteiger partial charge >= 0.3 is 6.18 Å². The normalized spacial score (nSPS) is 11.5. The van der Waals surface area contributed by atoms with Crippen LogP contribution in [-0.4, -0.2) is 27.7 Å². The summed E-state index contributed by atoms with van der Waals surface area (Å²) in [6, 6.07) is 9.86. The number of halogens is 3. The monoisotopic (exact) mass is 432 g/mol. The van der Waals surface area contributed by atoms with Crippen LogP contribution in [-0.2, 0) is 11.0 Å². The molecule has 2 heterocycles. The summed E-state index contributed by atoms with van der Waals surface area (Å²) in [5, 5.41) is 5.46. The van der Waals surface area contributed by atoms with Gasteiger partial charge < -0.3 is 10.6 Å². The number of nitrogens with zero attached hydrogens (tertiary/aromatic N) is 2. The summed E-state index contributed by atoms with van der Waals surface area (Å²) in [5.41, 5.74) is 1.44. The Hall–Kier alpha value is -3.36. The quantitative estimate of drug-likeness (QED) is 0.511. The second-order valence-corrected chi connectivity index (χ2v) is 7.16. The highest BCUT2D eigenvalue weighted by Gasteiger charge is 2.29. The number of pyridine rings is 1. The fourth-order valence-electron chi connectivity index (χ4n) is 3.23. The van der Waals surface area contributed by atoms with Crippen molar-refractivity contribution >= 4 is 23.1 Å². The number of anilines is 1. The molecule has 6 nitrogen and oxygen atoms in total. The molecule has 0 saturated carbocycles. The molecule has 9 heteroatoms. The molecule has 164 valence electrons. The Morgan fingerprint density at radius 1 is 1.03 bits per heavy atom. The standard InChI is InChI=1S/C22H23F3N4O2/c1-15-20(29-14-6-4-7-18(29)27-15)21(31)26-13-5-2-3-8-19(30)28-17-11-9-16(10-12-17)22(23,24)25/h4,6-7,9-12,14H,2-3,5,8,13H2,1H3,(H,26,31)(H,28,30). The van der Waals surface area contributed by atoms with Gasteiger partial charge in [-0.3, -0.25) is 14.0 Å². The van der Waals surface area contributed by atoms with Crippen molar-refractivity contribution in [3.05, 3.63) is 65.6 Å². The van der Waals surface area contributed by atoms with Crippen molar-refractivity contribution in [3.63, 3.8) is 0 Å². The van der Waals surface area contributed by atoms with E-state index in [4.69, 9.17) is 0 Å². The zero-order chi connectivity index (χ0) is 22.4. The largest absolute Gasteiger partial charge is 0.416 e. The predicted molar refractivity (Wildman–Crippen MR) is 111 cm³/mol. The Bertz CT molecular complexity index is 1060. The summed E-state index contributed by atoms with van der Waals surface area (Å²) in [4.78, 5) is 28.8.